The number of hydrogen-bond donors (Lipinski definition) is 1. The van der Waals surface area contributed by atoms with E-state index in [4.69, 9.17) is 16.3 Å². The van der Waals surface area contributed by atoms with Crippen molar-refractivity contribution in [3.8, 4) is 5.75 Å². The number of benzene rings is 2. The van der Waals surface area contributed by atoms with E-state index in [2.05, 4.69) is 34.2 Å². The Labute approximate surface area is 133 Å². The van der Waals surface area contributed by atoms with Gasteiger partial charge in [-0.1, -0.05) is 51.8 Å². The van der Waals surface area contributed by atoms with Crippen molar-refractivity contribution < 1.29 is 4.74 Å². The summed E-state index contributed by atoms with van der Waals surface area (Å²) in [6.45, 7) is 2.84. The second-order valence-electron chi connectivity index (χ2n) is 4.58. The molecular weight excluding hydrogens is 338 g/mol. The van der Waals surface area contributed by atoms with E-state index < -0.39 is 0 Å². The van der Waals surface area contributed by atoms with Gasteiger partial charge in [-0.05, 0) is 30.7 Å². The van der Waals surface area contributed by atoms with Gasteiger partial charge in [0.25, 0.3) is 0 Å². The molecular formula is C16H17BrClNO. The molecule has 0 aliphatic rings. The lowest BCUT2D eigenvalue weighted by atomic mass is 10.1. The first-order valence-corrected chi connectivity index (χ1v) is 7.59. The molecule has 0 aliphatic carbocycles. The number of para-hydroxylation sites is 1. The van der Waals surface area contributed by atoms with Gasteiger partial charge < -0.3 is 10.1 Å². The van der Waals surface area contributed by atoms with Gasteiger partial charge >= 0.3 is 0 Å². The van der Waals surface area contributed by atoms with Gasteiger partial charge in [0, 0.05) is 27.6 Å². The van der Waals surface area contributed by atoms with Crippen molar-refractivity contribution in [1.29, 1.82) is 0 Å². The predicted octanol–water partition coefficient (Wildman–Crippen LogP) is 4.96. The molecule has 0 aromatic heterocycles. The standard InChI is InChI=1S/C16H17BrClNO/c1-11(14-8-7-13(17)9-15(14)18)19-10-12-5-3-4-6-16(12)20-2/h3-9,11,19H,10H2,1-2H3. The van der Waals surface area contributed by atoms with Gasteiger partial charge in [-0.3, -0.25) is 0 Å². The molecule has 0 heterocycles. The Kier molecular flexibility index (Phi) is 5.46. The Morgan fingerprint density at radius 1 is 1.25 bits per heavy atom. The summed E-state index contributed by atoms with van der Waals surface area (Å²) in [6.07, 6.45) is 0. The number of halogens is 2. The van der Waals surface area contributed by atoms with Crippen LogP contribution in [0.25, 0.3) is 0 Å². The van der Waals surface area contributed by atoms with Crippen molar-refractivity contribution in [3.63, 3.8) is 0 Å². The normalized spacial score (nSPS) is 12.2. The number of ether oxygens (including phenoxy) is 1. The van der Waals surface area contributed by atoms with E-state index in [1.54, 1.807) is 7.11 Å². The molecule has 0 bridgehead atoms. The topological polar surface area (TPSA) is 21.3 Å². The van der Waals surface area contributed by atoms with Gasteiger partial charge in [-0.2, -0.15) is 0 Å². The Balaban J connectivity index is 2.06. The molecule has 2 aromatic rings. The lowest BCUT2D eigenvalue weighted by Gasteiger charge is -2.17. The van der Waals surface area contributed by atoms with E-state index >= 15 is 0 Å². The predicted molar refractivity (Wildman–Crippen MR) is 87.4 cm³/mol. The zero-order chi connectivity index (χ0) is 14.5. The van der Waals surface area contributed by atoms with Crippen LogP contribution in [0.15, 0.2) is 46.9 Å². The van der Waals surface area contributed by atoms with Gasteiger partial charge in [0.15, 0.2) is 0 Å². The summed E-state index contributed by atoms with van der Waals surface area (Å²) in [6, 6.07) is 14.1. The third kappa shape index (κ3) is 3.75. The summed E-state index contributed by atoms with van der Waals surface area (Å²) in [5.74, 6) is 0.897. The van der Waals surface area contributed by atoms with Crippen molar-refractivity contribution in [2.75, 3.05) is 7.11 Å². The van der Waals surface area contributed by atoms with Crippen molar-refractivity contribution >= 4 is 27.5 Å². The molecule has 1 unspecified atom stereocenters. The maximum absolute atomic E-state index is 6.27. The third-order valence-electron chi connectivity index (χ3n) is 3.22. The molecule has 0 aliphatic heterocycles. The molecule has 1 atom stereocenters. The van der Waals surface area contributed by atoms with E-state index in [9.17, 15) is 0 Å². The van der Waals surface area contributed by atoms with Crippen LogP contribution in [0.2, 0.25) is 5.02 Å². The minimum absolute atomic E-state index is 0.167. The highest BCUT2D eigenvalue weighted by Gasteiger charge is 2.10. The van der Waals surface area contributed by atoms with Crippen molar-refractivity contribution in [1.82, 2.24) is 5.32 Å². The molecule has 1 N–H and O–H groups in total. The lowest BCUT2D eigenvalue weighted by molar-refractivity contribution is 0.406. The number of hydrogen-bond acceptors (Lipinski definition) is 2. The zero-order valence-electron chi connectivity index (χ0n) is 11.5. The minimum atomic E-state index is 0.167. The fourth-order valence-corrected chi connectivity index (χ4v) is 2.91. The van der Waals surface area contributed by atoms with Gasteiger partial charge in [0.2, 0.25) is 0 Å². The van der Waals surface area contributed by atoms with Crippen LogP contribution in [0.4, 0.5) is 0 Å². The molecule has 0 amide bonds. The van der Waals surface area contributed by atoms with Crippen LogP contribution >= 0.6 is 27.5 Å². The van der Waals surface area contributed by atoms with Crippen LogP contribution in [0, 0.1) is 0 Å². The molecule has 0 radical (unpaired) electrons. The van der Waals surface area contributed by atoms with Crippen LogP contribution in [0.3, 0.4) is 0 Å². The van der Waals surface area contributed by atoms with Crippen LogP contribution < -0.4 is 10.1 Å². The highest BCUT2D eigenvalue weighted by Crippen LogP contribution is 2.27. The summed E-state index contributed by atoms with van der Waals surface area (Å²) >= 11 is 9.69. The van der Waals surface area contributed by atoms with E-state index in [1.807, 2.05) is 36.4 Å². The lowest BCUT2D eigenvalue weighted by Crippen LogP contribution is -2.18. The quantitative estimate of drug-likeness (QED) is 0.819. The molecule has 0 spiro atoms. The number of rotatable bonds is 5. The van der Waals surface area contributed by atoms with Crippen LogP contribution in [0.5, 0.6) is 5.75 Å². The molecule has 20 heavy (non-hydrogen) atoms. The maximum atomic E-state index is 6.27. The Bertz CT molecular complexity index is 588. The first-order valence-electron chi connectivity index (χ1n) is 6.42. The van der Waals surface area contributed by atoms with Gasteiger partial charge in [0.1, 0.15) is 5.75 Å². The van der Waals surface area contributed by atoms with Gasteiger partial charge in [-0.15, -0.1) is 0 Å². The largest absolute Gasteiger partial charge is 0.496 e. The second kappa shape index (κ2) is 7.11. The third-order valence-corrected chi connectivity index (χ3v) is 4.04. The van der Waals surface area contributed by atoms with E-state index in [0.717, 1.165) is 32.9 Å². The van der Waals surface area contributed by atoms with E-state index in [-0.39, 0.29) is 6.04 Å². The van der Waals surface area contributed by atoms with Gasteiger partial charge in [-0.25, -0.2) is 0 Å². The molecule has 0 saturated heterocycles. The SMILES string of the molecule is COc1ccccc1CNC(C)c1ccc(Br)cc1Cl. The number of nitrogens with one attached hydrogen (secondary N) is 1. The van der Waals surface area contributed by atoms with E-state index in [0.29, 0.717) is 0 Å². The molecule has 0 fully saturated rings. The maximum Gasteiger partial charge on any atom is 0.123 e. The molecule has 106 valence electrons. The Morgan fingerprint density at radius 3 is 2.70 bits per heavy atom. The summed E-state index contributed by atoms with van der Waals surface area (Å²) in [7, 11) is 1.69. The fourth-order valence-electron chi connectivity index (χ4n) is 2.07. The number of methoxy groups -OCH3 is 1. The average molecular weight is 355 g/mol. The minimum Gasteiger partial charge on any atom is -0.496 e. The molecule has 2 rings (SSSR count). The van der Waals surface area contributed by atoms with Crippen molar-refractivity contribution in [3.05, 3.63) is 63.1 Å². The first kappa shape index (κ1) is 15.4. The van der Waals surface area contributed by atoms with E-state index in [1.165, 1.54) is 0 Å². The first-order chi connectivity index (χ1) is 9.61. The highest BCUT2D eigenvalue weighted by atomic mass is 79.9. The monoisotopic (exact) mass is 353 g/mol. The smallest absolute Gasteiger partial charge is 0.123 e. The van der Waals surface area contributed by atoms with Crippen molar-refractivity contribution in [2.24, 2.45) is 0 Å². The Morgan fingerprint density at radius 2 is 2.00 bits per heavy atom. The molecule has 0 saturated carbocycles. The molecule has 4 heteroatoms. The van der Waals surface area contributed by atoms with Crippen molar-refractivity contribution in [2.45, 2.75) is 19.5 Å². The Hall–Kier alpha value is -1.03. The zero-order valence-corrected chi connectivity index (χ0v) is 13.8. The summed E-state index contributed by atoms with van der Waals surface area (Å²) in [4.78, 5) is 0. The molecule has 2 aromatic carbocycles. The van der Waals surface area contributed by atoms with Gasteiger partial charge in [0.05, 0.1) is 7.11 Å². The average Bonchev–Trinajstić information content (AvgIpc) is 2.45. The van der Waals surface area contributed by atoms with Crippen LogP contribution in [0.1, 0.15) is 24.1 Å². The van der Waals surface area contributed by atoms with Crippen LogP contribution in [-0.2, 0) is 6.54 Å². The molecule has 2 nitrogen and oxygen atoms in total. The second-order valence-corrected chi connectivity index (χ2v) is 5.90. The highest BCUT2D eigenvalue weighted by molar-refractivity contribution is 9.10. The summed E-state index contributed by atoms with van der Waals surface area (Å²) in [5.41, 5.74) is 2.22. The van der Waals surface area contributed by atoms with Crippen LogP contribution in [-0.4, -0.2) is 7.11 Å². The summed E-state index contributed by atoms with van der Waals surface area (Å²) < 4.78 is 6.34. The summed E-state index contributed by atoms with van der Waals surface area (Å²) in [5, 5.41) is 4.23. The fraction of sp³-hybridized carbons (Fsp3) is 0.250.